The fourth-order valence-corrected chi connectivity index (χ4v) is 1.84. The number of rotatable bonds is 5. The first-order valence-electron chi connectivity index (χ1n) is 5.07. The lowest BCUT2D eigenvalue weighted by molar-refractivity contribution is 0.138. The van der Waals surface area contributed by atoms with Crippen LogP contribution >= 0.6 is 0 Å². The van der Waals surface area contributed by atoms with Gasteiger partial charge in [-0.1, -0.05) is 34.1 Å². The maximum absolute atomic E-state index is 2.40. The molecule has 0 amide bonds. The van der Waals surface area contributed by atoms with E-state index >= 15 is 0 Å². The Hall–Kier alpha value is -0.0400. The van der Waals surface area contributed by atoms with E-state index in [0.29, 0.717) is 5.41 Å². The van der Waals surface area contributed by atoms with Crippen LogP contribution in [-0.4, -0.2) is 25.5 Å². The van der Waals surface area contributed by atoms with E-state index in [4.69, 9.17) is 0 Å². The van der Waals surface area contributed by atoms with E-state index in [1.54, 1.807) is 0 Å². The largest absolute Gasteiger partial charge is 0.309 e. The molecule has 0 heterocycles. The highest BCUT2D eigenvalue weighted by molar-refractivity contribution is 4.79. The lowest BCUT2D eigenvalue weighted by Gasteiger charge is -2.36. The molecule has 0 bridgehead atoms. The Kier molecular flexibility index (Phi) is 4.84. The van der Waals surface area contributed by atoms with Gasteiger partial charge in [0, 0.05) is 6.54 Å². The minimum atomic E-state index is 0.498. The lowest BCUT2D eigenvalue weighted by Crippen LogP contribution is -2.35. The normalized spacial score (nSPS) is 17.0. The predicted octanol–water partition coefficient (Wildman–Crippen LogP) is 3.01. The van der Waals surface area contributed by atoms with Crippen LogP contribution in [0.2, 0.25) is 0 Å². The van der Waals surface area contributed by atoms with E-state index in [0.717, 1.165) is 5.92 Å². The Morgan fingerprint density at radius 1 is 1.25 bits per heavy atom. The second kappa shape index (κ2) is 4.86. The van der Waals surface area contributed by atoms with Crippen LogP contribution in [0.25, 0.3) is 0 Å². The van der Waals surface area contributed by atoms with Crippen LogP contribution in [0.3, 0.4) is 0 Å². The van der Waals surface area contributed by atoms with Crippen molar-refractivity contribution >= 4 is 0 Å². The van der Waals surface area contributed by atoms with Crippen molar-refractivity contribution in [1.82, 2.24) is 4.90 Å². The van der Waals surface area contributed by atoms with Crippen LogP contribution in [0, 0.1) is 11.3 Å². The Bertz CT molecular complexity index is 118. The summed E-state index contributed by atoms with van der Waals surface area (Å²) in [5, 5.41) is 0. The van der Waals surface area contributed by atoms with Gasteiger partial charge in [-0.25, -0.2) is 0 Å². The Morgan fingerprint density at radius 3 is 2.00 bits per heavy atom. The summed E-state index contributed by atoms with van der Waals surface area (Å²) in [5.41, 5.74) is 0.498. The molecule has 0 aliphatic heterocycles. The number of hydrogen-bond donors (Lipinski definition) is 0. The summed E-state index contributed by atoms with van der Waals surface area (Å²) in [6.45, 7) is 10.5. The molecule has 74 valence electrons. The van der Waals surface area contributed by atoms with Crippen LogP contribution in [0.5, 0.6) is 0 Å². The topological polar surface area (TPSA) is 3.24 Å². The van der Waals surface area contributed by atoms with E-state index in [2.05, 4.69) is 46.7 Å². The average Bonchev–Trinajstić information content (AvgIpc) is 1.85. The number of hydrogen-bond acceptors (Lipinski definition) is 1. The van der Waals surface area contributed by atoms with E-state index in [1.165, 1.54) is 19.4 Å². The van der Waals surface area contributed by atoms with Gasteiger partial charge in [0.25, 0.3) is 0 Å². The van der Waals surface area contributed by atoms with Crippen molar-refractivity contribution in [2.75, 3.05) is 20.6 Å². The summed E-state index contributed by atoms with van der Waals surface area (Å²) >= 11 is 0. The van der Waals surface area contributed by atoms with Crippen molar-refractivity contribution in [3.63, 3.8) is 0 Å². The van der Waals surface area contributed by atoms with E-state index in [-0.39, 0.29) is 0 Å². The molecule has 0 aromatic carbocycles. The molecule has 0 spiro atoms. The third-order valence-electron chi connectivity index (χ3n) is 2.89. The minimum absolute atomic E-state index is 0.498. The quantitative estimate of drug-likeness (QED) is 0.614. The summed E-state index contributed by atoms with van der Waals surface area (Å²) in [4.78, 5) is 2.30. The number of nitrogens with zero attached hydrogens (tertiary/aromatic N) is 1. The van der Waals surface area contributed by atoms with E-state index in [9.17, 15) is 0 Å². The van der Waals surface area contributed by atoms with Gasteiger partial charge in [-0.2, -0.15) is 0 Å². The first-order valence-corrected chi connectivity index (χ1v) is 5.07. The summed E-state index contributed by atoms with van der Waals surface area (Å²) in [6, 6.07) is 0. The van der Waals surface area contributed by atoms with Crippen molar-refractivity contribution in [3.05, 3.63) is 0 Å². The molecule has 0 saturated carbocycles. The molecule has 0 aliphatic carbocycles. The average molecular weight is 171 g/mol. The minimum Gasteiger partial charge on any atom is -0.309 e. The van der Waals surface area contributed by atoms with Gasteiger partial charge in [-0.15, -0.1) is 0 Å². The third-order valence-corrected chi connectivity index (χ3v) is 2.89. The highest BCUT2D eigenvalue weighted by atomic mass is 15.1. The first-order chi connectivity index (χ1) is 5.42. The fourth-order valence-electron chi connectivity index (χ4n) is 1.84. The molecular weight excluding hydrogens is 146 g/mol. The van der Waals surface area contributed by atoms with Gasteiger partial charge in [-0.05, 0) is 31.8 Å². The highest BCUT2D eigenvalue weighted by Crippen LogP contribution is 2.32. The predicted molar refractivity (Wildman–Crippen MR) is 56.4 cm³/mol. The van der Waals surface area contributed by atoms with Crippen molar-refractivity contribution in [3.8, 4) is 0 Å². The monoisotopic (exact) mass is 171 g/mol. The van der Waals surface area contributed by atoms with Crippen LogP contribution in [-0.2, 0) is 0 Å². The van der Waals surface area contributed by atoms with E-state index < -0.39 is 0 Å². The zero-order chi connectivity index (χ0) is 9.78. The Balaban J connectivity index is 4.18. The molecule has 1 heteroatoms. The van der Waals surface area contributed by atoms with Gasteiger partial charge >= 0.3 is 0 Å². The molecule has 0 radical (unpaired) electrons. The summed E-state index contributed by atoms with van der Waals surface area (Å²) in [5.74, 6) is 0.778. The maximum atomic E-state index is 2.40. The van der Waals surface area contributed by atoms with Gasteiger partial charge in [0.15, 0.2) is 0 Å². The molecule has 0 aromatic heterocycles. The molecule has 1 unspecified atom stereocenters. The second-order valence-electron chi connectivity index (χ2n) is 4.80. The molecular formula is C11H25N. The molecule has 12 heavy (non-hydrogen) atoms. The summed E-state index contributed by atoms with van der Waals surface area (Å²) in [6.07, 6.45) is 2.63. The third kappa shape index (κ3) is 3.57. The summed E-state index contributed by atoms with van der Waals surface area (Å²) < 4.78 is 0. The zero-order valence-corrected chi connectivity index (χ0v) is 9.65. The van der Waals surface area contributed by atoms with Crippen molar-refractivity contribution < 1.29 is 0 Å². The maximum Gasteiger partial charge on any atom is 0.00317 e. The van der Waals surface area contributed by atoms with Crippen LogP contribution in [0.4, 0.5) is 0 Å². The van der Waals surface area contributed by atoms with Gasteiger partial charge in [0.1, 0.15) is 0 Å². The molecule has 0 N–H and O–H groups in total. The molecule has 0 fully saturated rings. The van der Waals surface area contributed by atoms with Crippen LogP contribution < -0.4 is 0 Å². The molecule has 1 atom stereocenters. The van der Waals surface area contributed by atoms with E-state index in [1.807, 2.05) is 0 Å². The molecule has 0 aromatic rings. The molecule has 0 saturated heterocycles. The van der Waals surface area contributed by atoms with Crippen molar-refractivity contribution in [2.24, 2.45) is 11.3 Å². The van der Waals surface area contributed by atoms with Crippen molar-refractivity contribution in [1.29, 1.82) is 0 Å². The summed E-state index contributed by atoms with van der Waals surface area (Å²) in [7, 11) is 4.33. The van der Waals surface area contributed by atoms with Crippen LogP contribution in [0.1, 0.15) is 40.5 Å². The standard InChI is InChI=1S/C11H25N/c1-7-8-11(4,10(2)3)9-12(5)6/h10H,7-9H2,1-6H3. The van der Waals surface area contributed by atoms with Gasteiger partial charge in [-0.3, -0.25) is 0 Å². The zero-order valence-electron chi connectivity index (χ0n) is 9.65. The molecule has 0 aliphatic rings. The van der Waals surface area contributed by atoms with Gasteiger partial charge in [0.05, 0.1) is 0 Å². The smallest absolute Gasteiger partial charge is 0.00317 e. The molecule has 0 rings (SSSR count). The SMILES string of the molecule is CCCC(C)(CN(C)C)C(C)C. The van der Waals surface area contributed by atoms with Crippen LogP contribution in [0.15, 0.2) is 0 Å². The second-order valence-corrected chi connectivity index (χ2v) is 4.80. The Morgan fingerprint density at radius 2 is 1.75 bits per heavy atom. The van der Waals surface area contributed by atoms with Gasteiger partial charge in [0.2, 0.25) is 0 Å². The highest BCUT2D eigenvalue weighted by Gasteiger charge is 2.27. The molecule has 1 nitrogen and oxygen atoms in total. The fraction of sp³-hybridized carbons (Fsp3) is 1.00. The first kappa shape index (κ1) is 12.0. The van der Waals surface area contributed by atoms with Gasteiger partial charge < -0.3 is 4.90 Å². The lowest BCUT2D eigenvalue weighted by atomic mass is 9.75. The Labute approximate surface area is 78.1 Å². The van der Waals surface area contributed by atoms with Crippen molar-refractivity contribution in [2.45, 2.75) is 40.5 Å².